The van der Waals surface area contributed by atoms with Gasteiger partial charge in [-0.1, -0.05) is 0 Å². The number of aromatic nitrogens is 1. The zero-order valence-corrected chi connectivity index (χ0v) is 10.9. The minimum Gasteiger partial charge on any atom is -0.256 e. The van der Waals surface area contributed by atoms with E-state index >= 15 is 0 Å². The SMILES string of the molecule is FC(F)(F)c1ccnc(C2=CC(F)(F)C(F)(F)C(F)(F)C2(F)F)c1. The van der Waals surface area contributed by atoms with Gasteiger partial charge in [-0.05, 0) is 12.1 Å². The van der Waals surface area contributed by atoms with Gasteiger partial charge in [0.05, 0.1) is 16.8 Å². The Morgan fingerprint density at radius 2 is 1.38 bits per heavy atom. The minimum absolute atomic E-state index is 0.213. The van der Waals surface area contributed by atoms with Crippen molar-refractivity contribution in [3.05, 3.63) is 35.7 Å². The maximum Gasteiger partial charge on any atom is 0.416 e. The number of hydrogen-bond acceptors (Lipinski definition) is 1. The minimum atomic E-state index is -6.55. The number of pyridine rings is 1. The average molecular weight is 371 g/mol. The summed E-state index contributed by atoms with van der Waals surface area (Å²) in [6.07, 6.45) is -6.07. The van der Waals surface area contributed by atoms with E-state index in [1.165, 1.54) is 0 Å². The third kappa shape index (κ3) is 2.34. The molecular formula is C12H4F11N. The molecule has 0 atom stereocenters. The molecule has 1 aliphatic rings. The molecule has 12 heteroatoms. The maximum absolute atomic E-state index is 13.6. The van der Waals surface area contributed by atoms with Gasteiger partial charge >= 0.3 is 29.9 Å². The van der Waals surface area contributed by atoms with Gasteiger partial charge in [0, 0.05) is 12.3 Å². The lowest BCUT2D eigenvalue weighted by atomic mass is 9.84. The van der Waals surface area contributed by atoms with Gasteiger partial charge in [-0.3, -0.25) is 4.98 Å². The molecule has 1 heterocycles. The van der Waals surface area contributed by atoms with Crippen LogP contribution in [0.25, 0.3) is 5.57 Å². The van der Waals surface area contributed by atoms with Gasteiger partial charge in [-0.2, -0.15) is 48.3 Å². The second-order valence-corrected chi connectivity index (χ2v) is 4.83. The fourth-order valence-electron chi connectivity index (χ4n) is 1.93. The predicted octanol–water partition coefficient (Wildman–Crippen LogP) is 5.04. The second kappa shape index (κ2) is 4.82. The standard InChI is InChI=1S/C12H4F11N/c13-8(14)4-6(9(15,16)12(22,23)11(8,20)21)7-3-5(1-2-24-7)10(17,18)19/h1-4H. The summed E-state index contributed by atoms with van der Waals surface area (Å²) in [4.78, 5) is 2.89. The average Bonchev–Trinajstić information content (AvgIpc) is 2.42. The number of hydrogen-bond donors (Lipinski definition) is 0. The number of rotatable bonds is 1. The van der Waals surface area contributed by atoms with Crippen LogP contribution < -0.4 is 0 Å². The molecule has 0 unspecified atom stereocenters. The zero-order valence-electron chi connectivity index (χ0n) is 10.9. The van der Waals surface area contributed by atoms with Crippen molar-refractivity contribution >= 4 is 5.57 Å². The Balaban J connectivity index is 2.72. The molecule has 134 valence electrons. The molecule has 1 nitrogen and oxygen atoms in total. The smallest absolute Gasteiger partial charge is 0.256 e. The van der Waals surface area contributed by atoms with Crippen LogP contribution >= 0.6 is 0 Å². The number of halogens is 11. The van der Waals surface area contributed by atoms with Gasteiger partial charge < -0.3 is 0 Å². The number of alkyl halides is 11. The van der Waals surface area contributed by atoms with Crippen LogP contribution in [0.2, 0.25) is 0 Å². The van der Waals surface area contributed by atoms with Crippen LogP contribution in [0.3, 0.4) is 0 Å². The number of nitrogens with zero attached hydrogens (tertiary/aromatic N) is 1. The predicted molar refractivity (Wildman–Crippen MR) is 57.0 cm³/mol. The van der Waals surface area contributed by atoms with E-state index in [0.717, 1.165) is 0 Å². The van der Waals surface area contributed by atoms with Gasteiger partial charge in [-0.15, -0.1) is 0 Å². The molecule has 24 heavy (non-hydrogen) atoms. The Hall–Kier alpha value is -1.88. The van der Waals surface area contributed by atoms with Gasteiger partial charge in [-0.25, -0.2) is 0 Å². The lowest BCUT2D eigenvalue weighted by Crippen LogP contribution is -2.65. The molecule has 0 saturated heterocycles. The van der Waals surface area contributed by atoms with Crippen molar-refractivity contribution < 1.29 is 48.3 Å². The van der Waals surface area contributed by atoms with E-state index < -0.39 is 52.8 Å². The molecule has 2 rings (SSSR count). The Morgan fingerprint density at radius 3 is 1.88 bits per heavy atom. The normalized spacial score (nSPS) is 24.4. The highest BCUT2D eigenvalue weighted by atomic mass is 19.4. The molecule has 0 aromatic carbocycles. The largest absolute Gasteiger partial charge is 0.416 e. The lowest BCUT2D eigenvalue weighted by Gasteiger charge is -2.40. The molecule has 0 saturated carbocycles. The van der Waals surface area contributed by atoms with Crippen molar-refractivity contribution in [3.8, 4) is 0 Å². The maximum atomic E-state index is 13.6. The summed E-state index contributed by atoms with van der Waals surface area (Å²) < 4.78 is 144. The molecule has 0 N–H and O–H groups in total. The van der Waals surface area contributed by atoms with E-state index in [9.17, 15) is 48.3 Å². The molecule has 0 radical (unpaired) electrons. The highest BCUT2D eigenvalue weighted by Crippen LogP contribution is 2.60. The van der Waals surface area contributed by atoms with Crippen LogP contribution in [0.1, 0.15) is 11.3 Å². The quantitative estimate of drug-likeness (QED) is 0.631. The van der Waals surface area contributed by atoms with E-state index in [2.05, 4.69) is 4.98 Å². The highest BCUT2D eigenvalue weighted by molar-refractivity contribution is 5.73. The summed E-state index contributed by atoms with van der Waals surface area (Å²) in [6.45, 7) is 0. The van der Waals surface area contributed by atoms with Crippen molar-refractivity contribution in [3.63, 3.8) is 0 Å². The fourth-order valence-corrected chi connectivity index (χ4v) is 1.93. The summed E-state index contributed by atoms with van der Waals surface area (Å²) in [5.74, 6) is -24.6. The summed E-state index contributed by atoms with van der Waals surface area (Å²) in [6, 6.07) is 0.0469. The van der Waals surface area contributed by atoms with Gasteiger partial charge in [0.1, 0.15) is 0 Å². The topological polar surface area (TPSA) is 12.9 Å². The van der Waals surface area contributed by atoms with Crippen molar-refractivity contribution in [2.45, 2.75) is 29.9 Å². The molecule has 1 aromatic rings. The van der Waals surface area contributed by atoms with Gasteiger partial charge in [0.15, 0.2) is 0 Å². The third-order valence-electron chi connectivity index (χ3n) is 3.23. The van der Waals surface area contributed by atoms with E-state index in [-0.39, 0.29) is 18.3 Å². The van der Waals surface area contributed by atoms with E-state index in [4.69, 9.17) is 0 Å². The molecule has 0 amide bonds. The molecular weight excluding hydrogens is 367 g/mol. The van der Waals surface area contributed by atoms with Crippen molar-refractivity contribution in [2.75, 3.05) is 0 Å². The van der Waals surface area contributed by atoms with Crippen molar-refractivity contribution in [1.82, 2.24) is 4.98 Å². The highest BCUT2D eigenvalue weighted by Gasteiger charge is 2.83. The van der Waals surface area contributed by atoms with Crippen LogP contribution in [0.5, 0.6) is 0 Å². The van der Waals surface area contributed by atoms with E-state index in [1.54, 1.807) is 0 Å². The first-order chi connectivity index (χ1) is 10.6. The monoisotopic (exact) mass is 371 g/mol. The molecule has 0 spiro atoms. The van der Waals surface area contributed by atoms with Crippen LogP contribution in [0.15, 0.2) is 24.4 Å². The second-order valence-electron chi connectivity index (χ2n) is 4.83. The molecule has 1 aliphatic carbocycles. The Labute approximate surface area is 125 Å². The van der Waals surface area contributed by atoms with Gasteiger partial charge in [0.2, 0.25) is 0 Å². The van der Waals surface area contributed by atoms with Crippen LogP contribution in [-0.4, -0.2) is 28.7 Å². The summed E-state index contributed by atoms with van der Waals surface area (Å²) in [5.41, 5.74) is -5.70. The van der Waals surface area contributed by atoms with E-state index in [1.807, 2.05) is 0 Å². The first kappa shape index (κ1) is 18.5. The Kier molecular flexibility index (Phi) is 3.71. The number of allylic oxidation sites excluding steroid dienone is 2. The summed E-state index contributed by atoms with van der Waals surface area (Å²) >= 11 is 0. The van der Waals surface area contributed by atoms with E-state index in [0.29, 0.717) is 0 Å². The molecule has 0 fully saturated rings. The van der Waals surface area contributed by atoms with Gasteiger partial charge in [0.25, 0.3) is 0 Å². The third-order valence-corrected chi connectivity index (χ3v) is 3.23. The lowest BCUT2D eigenvalue weighted by molar-refractivity contribution is -0.348. The summed E-state index contributed by atoms with van der Waals surface area (Å²) in [5, 5.41) is 0. The molecule has 0 aliphatic heterocycles. The fraction of sp³-hybridized carbons (Fsp3) is 0.417. The van der Waals surface area contributed by atoms with Crippen LogP contribution in [0.4, 0.5) is 48.3 Å². The summed E-state index contributed by atoms with van der Waals surface area (Å²) in [7, 11) is 0. The van der Waals surface area contributed by atoms with Crippen LogP contribution in [0, 0.1) is 0 Å². The molecule has 0 bridgehead atoms. The zero-order chi connectivity index (χ0) is 18.8. The first-order valence-corrected chi connectivity index (χ1v) is 5.84. The van der Waals surface area contributed by atoms with Crippen molar-refractivity contribution in [2.24, 2.45) is 0 Å². The Bertz CT molecular complexity index is 686. The molecule has 1 aromatic heterocycles. The van der Waals surface area contributed by atoms with Crippen molar-refractivity contribution in [1.29, 1.82) is 0 Å². The Morgan fingerprint density at radius 1 is 0.833 bits per heavy atom. The van der Waals surface area contributed by atoms with Crippen LogP contribution in [-0.2, 0) is 6.18 Å². The first-order valence-electron chi connectivity index (χ1n) is 5.84.